The van der Waals surface area contributed by atoms with Crippen LogP contribution in [0, 0.1) is 5.92 Å². The summed E-state index contributed by atoms with van der Waals surface area (Å²) in [5.74, 6) is -0.188. The Labute approximate surface area is 111 Å². The van der Waals surface area contributed by atoms with Crippen molar-refractivity contribution in [2.75, 3.05) is 6.61 Å². The first-order valence-electron chi connectivity index (χ1n) is 5.32. The molecule has 0 saturated heterocycles. The molecule has 94 valence electrons. The molecule has 0 spiro atoms. The highest BCUT2D eigenvalue weighted by molar-refractivity contribution is 6.35. The highest BCUT2D eigenvalue weighted by atomic mass is 35.5. The van der Waals surface area contributed by atoms with Gasteiger partial charge >= 0.3 is 0 Å². The maximum absolute atomic E-state index is 11.9. The third kappa shape index (κ3) is 3.87. The smallest absolute Gasteiger partial charge is 0.253 e. The number of rotatable bonds is 4. The molecule has 0 fully saturated rings. The lowest BCUT2D eigenvalue weighted by molar-refractivity contribution is 0.0897. The van der Waals surface area contributed by atoms with E-state index in [0.29, 0.717) is 15.6 Å². The number of aliphatic hydroxyl groups is 1. The minimum atomic E-state index is -0.328. The van der Waals surface area contributed by atoms with Gasteiger partial charge in [0.05, 0.1) is 23.2 Å². The molecule has 1 amide bonds. The molecule has 0 bridgehead atoms. The van der Waals surface area contributed by atoms with Crippen LogP contribution in [-0.4, -0.2) is 23.7 Å². The van der Waals surface area contributed by atoms with Gasteiger partial charge in [-0.05, 0) is 24.1 Å². The van der Waals surface area contributed by atoms with Crippen molar-refractivity contribution in [1.82, 2.24) is 5.32 Å². The Balaban J connectivity index is 2.86. The maximum Gasteiger partial charge on any atom is 0.253 e. The van der Waals surface area contributed by atoms with E-state index in [4.69, 9.17) is 28.3 Å². The summed E-state index contributed by atoms with van der Waals surface area (Å²) in [5, 5.41) is 12.6. The van der Waals surface area contributed by atoms with Gasteiger partial charge in [-0.25, -0.2) is 0 Å². The number of hydrogen-bond donors (Lipinski definition) is 2. The van der Waals surface area contributed by atoms with Crippen LogP contribution in [0.4, 0.5) is 0 Å². The second-order valence-electron chi connectivity index (χ2n) is 4.13. The van der Waals surface area contributed by atoms with Crippen LogP contribution in [-0.2, 0) is 0 Å². The van der Waals surface area contributed by atoms with E-state index in [-0.39, 0.29) is 24.5 Å². The lowest BCUT2D eigenvalue weighted by Gasteiger charge is -2.20. The van der Waals surface area contributed by atoms with Gasteiger partial charge in [-0.1, -0.05) is 37.0 Å². The summed E-state index contributed by atoms with van der Waals surface area (Å²) in [4.78, 5) is 11.9. The summed E-state index contributed by atoms with van der Waals surface area (Å²) >= 11 is 11.7. The van der Waals surface area contributed by atoms with Gasteiger partial charge in [0.15, 0.2) is 0 Å². The lowest BCUT2D eigenvalue weighted by Crippen LogP contribution is -2.41. The summed E-state index contributed by atoms with van der Waals surface area (Å²) in [6.07, 6.45) is 0. The van der Waals surface area contributed by atoms with E-state index in [0.717, 1.165) is 0 Å². The Morgan fingerprint density at radius 3 is 2.59 bits per heavy atom. The van der Waals surface area contributed by atoms with Gasteiger partial charge in [0, 0.05) is 5.02 Å². The van der Waals surface area contributed by atoms with E-state index in [9.17, 15) is 4.79 Å². The SMILES string of the molecule is CC(C)C(CO)NC(=O)c1cc(Cl)ccc1Cl. The summed E-state index contributed by atoms with van der Waals surface area (Å²) < 4.78 is 0. The van der Waals surface area contributed by atoms with Gasteiger partial charge < -0.3 is 10.4 Å². The molecule has 0 aliphatic heterocycles. The van der Waals surface area contributed by atoms with Gasteiger partial charge in [-0.3, -0.25) is 4.79 Å². The molecule has 5 heteroatoms. The molecule has 1 atom stereocenters. The molecule has 1 unspecified atom stereocenters. The van der Waals surface area contributed by atoms with Crippen LogP contribution in [0.25, 0.3) is 0 Å². The van der Waals surface area contributed by atoms with Crippen molar-refractivity contribution in [3.05, 3.63) is 33.8 Å². The molecule has 0 aliphatic carbocycles. The van der Waals surface area contributed by atoms with Crippen LogP contribution in [0.15, 0.2) is 18.2 Å². The average molecular weight is 276 g/mol. The van der Waals surface area contributed by atoms with Crippen molar-refractivity contribution in [2.45, 2.75) is 19.9 Å². The number of carbonyl (C=O) groups is 1. The molecule has 0 radical (unpaired) electrons. The summed E-state index contributed by atoms with van der Waals surface area (Å²) in [6.45, 7) is 3.73. The summed E-state index contributed by atoms with van der Waals surface area (Å²) in [6, 6.07) is 4.40. The predicted molar refractivity (Wildman–Crippen MR) is 69.6 cm³/mol. The van der Waals surface area contributed by atoms with E-state index in [1.165, 1.54) is 6.07 Å². The molecule has 3 nitrogen and oxygen atoms in total. The molecule has 1 aromatic rings. The third-order valence-corrected chi connectivity index (χ3v) is 3.06. The number of aliphatic hydroxyl groups excluding tert-OH is 1. The van der Waals surface area contributed by atoms with E-state index in [1.54, 1.807) is 12.1 Å². The number of carbonyl (C=O) groups excluding carboxylic acids is 1. The number of benzene rings is 1. The maximum atomic E-state index is 11.9. The highest BCUT2D eigenvalue weighted by Gasteiger charge is 2.18. The van der Waals surface area contributed by atoms with Crippen molar-refractivity contribution in [1.29, 1.82) is 0 Å². The molecule has 1 rings (SSSR count). The monoisotopic (exact) mass is 275 g/mol. The minimum absolute atomic E-state index is 0.110. The number of halogens is 2. The van der Waals surface area contributed by atoms with Gasteiger partial charge in [-0.15, -0.1) is 0 Å². The zero-order valence-electron chi connectivity index (χ0n) is 9.71. The molecular formula is C12H15Cl2NO2. The third-order valence-electron chi connectivity index (χ3n) is 2.49. The minimum Gasteiger partial charge on any atom is -0.394 e. The molecule has 0 aromatic heterocycles. The van der Waals surface area contributed by atoms with Crippen LogP contribution >= 0.6 is 23.2 Å². The molecule has 2 N–H and O–H groups in total. The number of amides is 1. The van der Waals surface area contributed by atoms with Crippen LogP contribution in [0.2, 0.25) is 10.0 Å². The Bertz CT molecular complexity index is 407. The summed E-state index contributed by atoms with van der Waals surface area (Å²) in [7, 11) is 0. The van der Waals surface area contributed by atoms with Crippen molar-refractivity contribution >= 4 is 29.1 Å². The Morgan fingerprint density at radius 1 is 1.41 bits per heavy atom. The van der Waals surface area contributed by atoms with E-state index < -0.39 is 0 Å². The first-order valence-corrected chi connectivity index (χ1v) is 6.08. The normalized spacial score (nSPS) is 12.6. The van der Waals surface area contributed by atoms with E-state index in [2.05, 4.69) is 5.32 Å². The van der Waals surface area contributed by atoms with Crippen molar-refractivity contribution in [3.63, 3.8) is 0 Å². The molecule has 1 aromatic carbocycles. The van der Waals surface area contributed by atoms with Crippen LogP contribution in [0.5, 0.6) is 0 Å². The average Bonchev–Trinajstić information content (AvgIpc) is 2.28. The zero-order chi connectivity index (χ0) is 13.0. The molecule has 17 heavy (non-hydrogen) atoms. The summed E-state index contributed by atoms with van der Waals surface area (Å²) in [5.41, 5.74) is 0.318. The Kier molecular flexibility index (Phi) is 5.25. The zero-order valence-corrected chi connectivity index (χ0v) is 11.2. The van der Waals surface area contributed by atoms with Gasteiger partial charge in [0.25, 0.3) is 5.91 Å². The second-order valence-corrected chi connectivity index (χ2v) is 4.97. The fourth-order valence-corrected chi connectivity index (χ4v) is 1.72. The lowest BCUT2D eigenvalue weighted by atomic mass is 10.0. The van der Waals surface area contributed by atoms with Crippen molar-refractivity contribution < 1.29 is 9.90 Å². The van der Waals surface area contributed by atoms with Crippen molar-refractivity contribution in [2.24, 2.45) is 5.92 Å². The Morgan fingerprint density at radius 2 is 2.06 bits per heavy atom. The largest absolute Gasteiger partial charge is 0.394 e. The fourth-order valence-electron chi connectivity index (χ4n) is 1.34. The van der Waals surface area contributed by atoms with Crippen molar-refractivity contribution in [3.8, 4) is 0 Å². The first kappa shape index (κ1) is 14.3. The molecule has 0 saturated carbocycles. The topological polar surface area (TPSA) is 49.3 Å². The van der Waals surface area contributed by atoms with Gasteiger partial charge in [0.2, 0.25) is 0 Å². The first-order chi connectivity index (χ1) is 7.95. The molecule has 0 aliphatic rings. The Hall–Kier alpha value is -0.770. The fraction of sp³-hybridized carbons (Fsp3) is 0.417. The van der Waals surface area contributed by atoms with Crippen LogP contribution < -0.4 is 5.32 Å². The van der Waals surface area contributed by atoms with E-state index in [1.807, 2.05) is 13.8 Å². The quantitative estimate of drug-likeness (QED) is 0.888. The highest BCUT2D eigenvalue weighted by Crippen LogP contribution is 2.20. The van der Waals surface area contributed by atoms with Crippen LogP contribution in [0.1, 0.15) is 24.2 Å². The predicted octanol–water partition coefficient (Wildman–Crippen LogP) is 2.74. The van der Waals surface area contributed by atoms with Gasteiger partial charge in [-0.2, -0.15) is 0 Å². The van der Waals surface area contributed by atoms with Crippen LogP contribution in [0.3, 0.4) is 0 Å². The van der Waals surface area contributed by atoms with Gasteiger partial charge in [0.1, 0.15) is 0 Å². The standard InChI is InChI=1S/C12H15Cl2NO2/c1-7(2)11(6-16)15-12(17)9-5-8(13)3-4-10(9)14/h3-5,7,11,16H,6H2,1-2H3,(H,15,17). The van der Waals surface area contributed by atoms with E-state index >= 15 is 0 Å². The number of hydrogen-bond acceptors (Lipinski definition) is 2. The second kappa shape index (κ2) is 6.24. The molecule has 0 heterocycles. The number of nitrogens with one attached hydrogen (secondary N) is 1. The molecular weight excluding hydrogens is 261 g/mol.